The van der Waals surface area contributed by atoms with Crippen LogP contribution in [0.1, 0.15) is 70.0 Å². The van der Waals surface area contributed by atoms with E-state index in [1.54, 1.807) is 20.8 Å². The Bertz CT molecular complexity index is 995. The second-order valence-electron chi connectivity index (χ2n) is 7.18. The summed E-state index contributed by atoms with van der Waals surface area (Å²) >= 11 is 0. The second-order valence-corrected chi connectivity index (χ2v) is 7.18. The zero-order valence-electron chi connectivity index (χ0n) is 18.0. The van der Waals surface area contributed by atoms with Crippen LogP contribution in [-0.2, 0) is 22.1 Å². The zero-order valence-corrected chi connectivity index (χ0v) is 18.0. The number of carbonyl (C=O) groups excluding carboxylic acids is 3. The van der Waals surface area contributed by atoms with E-state index in [1.165, 1.54) is 31.1 Å². The van der Waals surface area contributed by atoms with Crippen molar-refractivity contribution in [3.63, 3.8) is 0 Å². The normalized spacial score (nSPS) is 12.4. The number of nitrogens with zero attached hydrogens (tertiary/aromatic N) is 1. The van der Waals surface area contributed by atoms with Gasteiger partial charge in [0.2, 0.25) is 5.91 Å². The van der Waals surface area contributed by atoms with Gasteiger partial charge in [0.25, 0.3) is 0 Å². The van der Waals surface area contributed by atoms with E-state index in [9.17, 15) is 27.6 Å². The van der Waals surface area contributed by atoms with Crippen LogP contribution >= 0.6 is 0 Å². The monoisotopic (exact) mass is 438 g/mol. The number of likely N-dealkylation sites (N-methyl/N-ethyl adjacent to an activating group) is 1. The van der Waals surface area contributed by atoms with Crippen LogP contribution in [0.4, 0.5) is 13.2 Å². The Morgan fingerprint density at radius 1 is 1.23 bits per heavy atom. The molecule has 1 N–H and O–H groups in total. The topological polar surface area (TPSA) is 79.5 Å². The molecule has 0 radical (unpaired) electrons. The SMILES string of the molecule is CCN(C(=O)Cc1[nH]c(C(C)=O)c(C)c1C(=O)OC)C(C)c1cccc(C(F)(F)F)c1. The number of carbonyl (C=O) groups is 3. The van der Waals surface area contributed by atoms with Crippen molar-refractivity contribution in [2.24, 2.45) is 0 Å². The van der Waals surface area contributed by atoms with Crippen molar-refractivity contribution in [1.29, 1.82) is 0 Å². The van der Waals surface area contributed by atoms with E-state index in [1.807, 2.05) is 0 Å². The molecule has 9 heteroatoms. The number of benzene rings is 1. The quantitative estimate of drug-likeness (QED) is 0.511. The summed E-state index contributed by atoms with van der Waals surface area (Å²) in [6.45, 7) is 6.50. The molecule has 0 fully saturated rings. The number of H-pyrrole nitrogens is 1. The summed E-state index contributed by atoms with van der Waals surface area (Å²) < 4.78 is 44.0. The van der Waals surface area contributed by atoms with E-state index >= 15 is 0 Å². The van der Waals surface area contributed by atoms with Crippen LogP contribution in [0, 0.1) is 6.92 Å². The number of hydrogen-bond donors (Lipinski definition) is 1. The maximum atomic E-state index is 13.1. The highest BCUT2D eigenvalue weighted by Crippen LogP contribution is 2.32. The third-order valence-corrected chi connectivity index (χ3v) is 5.22. The first-order valence-electron chi connectivity index (χ1n) is 9.69. The molecular weight excluding hydrogens is 413 g/mol. The van der Waals surface area contributed by atoms with Crippen molar-refractivity contribution < 1.29 is 32.3 Å². The maximum Gasteiger partial charge on any atom is 0.416 e. The van der Waals surface area contributed by atoms with E-state index in [-0.39, 0.29) is 35.7 Å². The Morgan fingerprint density at radius 2 is 1.87 bits per heavy atom. The van der Waals surface area contributed by atoms with Crippen LogP contribution in [0.3, 0.4) is 0 Å². The molecule has 6 nitrogen and oxygen atoms in total. The summed E-state index contributed by atoms with van der Waals surface area (Å²) in [5.41, 5.74) is 0.482. The lowest BCUT2D eigenvalue weighted by atomic mass is 10.0. The van der Waals surface area contributed by atoms with Gasteiger partial charge in [-0.15, -0.1) is 0 Å². The van der Waals surface area contributed by atoms with Gasteiger partial charge in [-0.3, -0.25) is 9.59 Å². The predicted molar refractivity (Wildman–Crippen MR) is 108 cm³/mol. The fraction of sp³-hybridized carbons (Fsp3) is 0.409. The Morgan fingerprint density at radius 3 is 2.39 bits per heavy atom. The van der Waals surface area contributed by atoms with Crippen molar-refractivity contribution in [2.45, 2.75) is 46.3 Å². The Hall–Kier alpha value is -3.10. The molecule has 0 saturated carbocycles. The van der Waals surface area contributed by atoms with Gasteiger partial charge in [0.1, 0.15) is 0 Å². The molecule has 0 aliphatic rings. The molecule has 31 heavy (non-hydrogen) atoms. The number of ether oxygens (including phenoxy) is 1. The number of nitrogens with one attached hydrogen (secondary N) is 1. The highest BCUT2D eigenvalue weighted by Gasteiger charge is 2.32. The van der Waals surface area contributed by atoms with Crippen molar-refractivity contribution in [3.8, 4) is 0 Å². The number of amides is 1. The molecule has 1 amide bonds. The number of alkyl halides is 3. The number of aromatic amines is 1. The molecule has 168 valence electrons. The minimum atomic E-state index is -4.49. The Kier molecular flexibility index (Phi) is 7.30. The van der Waals surface area contributed by atoms with Crippen molar-refractivity contribution in [1.82, 2.24) is 9.88 Å². The van der Waals surface area contributed by atoms with E-state index in [0.29, 0.717) is 11.1 Å². The number of ketones is 1. The zero-order chi connectivity index (χ0) is 23.5. The number of rotatable bonds is 7. The highest BCUT2D eigenvalue weighted by atomic mass is 19.4. The van der Waals surface area contributed by atoms with Gasteiger partial charge in [-0.05, 0) is 44.0 Å². The molecule has 1 unspecified atom stereocenters. The number of halogens is 3. The van der Waals surface area contributed by atoms with Gasteiger partial charge < -0.3 is 14.6 Å². The lowest BCUT2D eigenvalue weighted by molar-refractivity contribution is -0.137. The first kappa shape index (κ1) is 24.2. The summed E-state index contributed by atoms with van der Waals surface area (Å²) in [6, 6.07) is 4.19. The third-order valence-electron chi connectivity index (χ3n) is 5.22. The fourth-order valence-corrected chi connectivity index (χ4v) is 3.60. The number of aromatic nitrogens is 1. The minimum Gasteiger partial charge on any atom is -0.465 e. The molecule has 0 saturated heterocycles. The van der Waals surface area contributed by atoms with E-state index in [2.05, 4.69) is 4.98 Å². The minimum absolute atomic E-state index is 0.115. The van der Waals surface area contributed by atoms with Gasteiger partial charge >= 0.3 is 12.1 Å². The summed E-state index contributed by atoms with van der Waals surface area (Å²) in [5.74, 6) is -1.39. The van der Waals surface area contributed by atoms with Crippen LogP contribution in [0.5, 0.6) is 0 Å². The first-order chi connectivity index (χ1) is 14.4. The van der Waals surface area contributed by atoms with Crippen LogP contribution in [0.2, 0.25) is 0 Å². The predicted octanol–water partition coefficient (Wildman–Crippen LogP) is 4.48. The van der Waals surface area contributed by atoms with Crippen molar-refractivity contribution in [3.05, 3.63) is 57.9 Å². The maximum absolute atomic E-state index is 13.1. The summed E-state index contributed by atoms with van der Waals surface area (Å²) in [5, 5.41) is 0. The van der Waals surface area contributed by atoms with Crippen molar-refractivity contribution in [2.75, 3.05) is 13.7 Å². The van der Waals surface area contributed by atoms with Gasteiger partial charge in [0, 0.05) is 19.2 Å². The lowest BCUT2D eigenvalue weighted by Gasteiger charge is -2.29. The molecule has 2 rings (SSSR count). The number of methoxy groups -OCH3 is 1. The highest BCUT2D eigenvalue weighted by molar-refractivity contribution is 6.01. The van der Waals surface area contributed by atoms with Crippen LogP contribution in [0.15, 0.2) is 24.3 Å². The number of hydrogen-bond acceptors (Lipinski definition) is 4. The third kappa shape index (κ3) is 5.15. The van der Waals surface area contributed by atoms with E-state index in [0.717, 1.165) is 12.1 Å². The Balaban J connectivity index is 2.37. The van der Waals surface area contributed by atoms with Crippen LogP contribution in [-0.4, -0.2) is 41.2 Å². The second kappa shape index (κ2) is 9.36. The Labute approximate surface area is 178 Å². The molecule has 0 bridgehead atoms. The molecule has 1 aromatic carbocycles. The van der Waals surface area contributed by atoms with Gasteiger partial charge in [0.05, 0.1) is 36.4 Å². The smallest absolute Gasteiger partial charge is 0.416 e. The first-order valence-corrected chi connectivity index (χ1v) is 9.69. The largest absolute Gasteiger partial charge is 0.465 e. The molecule has 1 heterocycles. The molecule has 0 aliphatic heterocycles. The molecule has 2 aromatic rings. The molecule has 0 spiro atoms. The molecule has 0 aliphatic carbocycles. The lowest BCUT2D eigenvalue weighted by Crippen LogP contribution is -2.35. The van der Waals surface area contributed by atoms with Gasteiger partial charge in [-0.25, -0.2) is 4.79 Å². The van der Waals surface area contributed by atoms with Crippen molar-refractivity contribution >= 4 is 17.7 Å². The molecule has 1 aromatic heterocycles. The van der Waals surface area contributed by atoms with E-state index in [4.69, 9.17) is 4.74 Å². The summed E-state index contributed by atoms with van der Waals surface area (Å²) in [7, 11) is 1.20. The average molecular weight is 438 g/mol. The van der Waals surface area contributed by atoms with Gasteiger partial charge in [0.15, 0.2) is 5.78 Å². The molecular formula is C22H25F3N2O4. The van der Waals surface area contributed by atoms with E-state index < -0.39 is 29.7 Å². The summed E-state index contributed by atoms with van der Waals surface area (Å²) in [6.07, 6.45) is -4.73. The number of esters is 1. The van der Waals surface area contributed by atoms with Crippen LogP contribution < -0.4 is 0 Å². The fourth-order valence-electron chi connectivity index (χ4n) is 3.60. The van der Waals surface area contributed by atoms with Gasteiger partial charge in [-0.1, -0.05) is 12.1 Å². The number of Topliss-reactive ketones (excluding diaryl/α,β-unsaturated/α-hetero) is 1. The van der Waals surface area contributed by atoms with Crippen LogP contribution in [0.25, 0.3) is 0 Å². The standard InChI is InChI=1S/C22H25F3N2O4/c1-6-27(13(3)15-8-7-9-16(10-15)22(23,24)25)18(29)11-17-19(21(30)31-5)12(2)20(26-17)14(4)28/h7-10,13,26H,6,11H2,1-5H3. The van der Waals surface area contributed by atoms with Gasteiger partial charge in [-0.2, -0.15) is 13.2 Å². The average Bonchev–Trinajstić information content (AvgIpc) is 3.03. The summed E-state index contributed by atoms with van der Waals surface area (Å²) in [4.78, 5) is 41.4. The molecule has 1 atom stereocenters.